The van der Waals surface area contributed by atoms with Gasteiger partial charge in [0.2, 0.25) is 5.91 Å². The van der Waals surface area contributed by atoms with E-state index in [-0.39, 0.29) is 12.0 Å². The number of morpholine rings is 1. The third-order valence-electron chi connectivity index (χ3n) is 4.65. The maximum absolute atomic E-state index is 11.0. The molecule has 1 amide bonds. The molecule has 1 aromatic carbocycles. The number of aromatic nitrogens is 1. The molecule has 0 bridgehead atoms. The van der Waals surface area contributed by atoms with E-state index in [4.69, 9.17) is 4.74 Å². The second kappa shape index (κ2) is 7.81. The number of fused-ring (bicyclic) bond motifs is 1. The zero-order valence-corrected chi connectivity index (χ0v) is 14.6. The molecule has 1 aromatic heterocycles. The summed E-state index contributed by atoms with van der Waals surface area (Å²) in [4.78, 5) is 13.4. The van der Waals surface area contributed by atoms with E-state index in [1.807, 2.05) is 0 Å². The molecule has 1 N–H and O–H groups in total. The Balaban J connectivity index is 1.57. The quantitative estimate of drug-likeness (QED) is 0.885. The van der Waals surface area contributed by atoms with Crippen LogP contribution in [-0.4, -0.2) is 47.7 Å². The van der Waals surface area contributed by atoms with E-state index in [2.05, 4.69) is 52.2 Å². The summed E-state index contributed by atoms with van der Waals surface area (Å²) in [7, 11) is 0. The lowest BCUT2D eigenvalue weighted by molar-refractivity contribution is -0.119. The SMILES string of the molecule is CCn1ccc2cc(CN3CCO[C@@H](CCNC(C)=O)C3)ccc21. The standard InChI is InChI=1S/C19H27N3O2/c1-3-22-9-7-17-12-16(4-5-19(17)22)13-21-10-11-24-18(14-21)6-8-20-15(2)23/h4-5,7,9,12,18H,3,6,8,10-11,13-14H2,1-2H3,(H,20,23)/t18-/m0/s1. The highest BCUT2D eigenvalue weighted by atomic mass is 16.5. The molecule has 2 heterocycles. The van der Waals surface area contributed by atoms with Crippen molar-refractivity contribution in [3.63, 3.8) is 0 Å². The molecule has 0 saturated carbocycles. The molecule has 5 nitrogen and oxygen atoms in total. The maximum atomic E-state index is 11.0. The van der Waals surface area contributed by atoms with Crippen LogP contribution in [0, 0.1) is 0 Å². The number of ether oxygens (including phenoxy) is 1. The van der Waals surface area contributed by atoms with Crippen molar-refractivity contribution in [3.8, 4) is 0 Å². The van der Waals surface area contributed by atoms with Crippen LogP contribution < -0.4 is 5.32 Å². The van der Waals surface area contributed by atoms with Gasteiger partial charge in [-0.15, -0.1) is 0 Å². The number of carbonyl (C=O) groups is 1. The molecule has 130 valence electrons. The molecule has 24 heavy (non-hydrogen) atoms. The zero-order valence-electron chi connectivity index (χ0n) is 14.6. The summed E-state index contributed by atoms with van der Waals surface area (Å²) in [6.07, 6.45) is 3.23. The number of hydrogen-bond acceptors (Lipinski definition) is 3. The number of nitrogens with one attached hydrogen (secondary N) is 1. The molecule has 2 aromatic rings. The van der Waals surface area contributed by atoms with Crippen LogP contribution in [0.15, 0.2) is 30.5 Å². The van der Waals surface area contributed by atoms with Gasteiger partial charge in [0.15, 0.2) is 0 Å². The Morgan fingerprint density at radius 2 is 2.25 bits per heavy atom. The lowest BCUT2D eigenvalue weighted by atomic mass is 10.1. The van der Waals surface area contributed by atoms with Gasteiger partial charge in [-0.1, -0.05) is 6.07 Å². The Morgan fingerprint density at radius 1 is 1.38 bits per heavy atom. The molecule has 1 aliphatic rings. The fourth-order valence-corrected chi connectivity index (χ4v) is 3.39. The topological polar surface area (TPSA) is 46.5 Å². The van der Waals surface area contributed by atoms with Gasteiger partial charge >= 0.3 is 0 Å². The first-order chi connectivity index (χ1) is 11.7. The predicted octanol–water partition coefficient (Wildman–Crippen LogP) is 2.39. The summed E-state index contributed by atoms with van der Waals surface area (Å²) in [5, 5.41) is 4.16. The van der Waals surface area contributed by atoms with Gasteiger partial charge in [-0.2, -0.15) is 0 Å². The molecule has 0 unspecified atom stereocenters. The van der Waals surface area contributed by atoms with Crippen molar-refractivity contribution >= 4 is 16.8 Å². The van der Waals surface area contributed by atoms with Gasteiger partial charge in [0.05, 0.1) is 12.7 Å². The fraction of sp³-hybridized carbons (Fsp3) is 0.526. The van der Waals surface area contributed by atoms with Crippen LogP contribution in [0.5, 0.6) is 0 Å². The Bertz CT molecular complexity index is 695. The van der Waals surface area contributed by atoms with E-state index in [0.717, 1.165) is 39.2 Å². The van der Waals surface area contributed by atoms with Crippen LogP contribution in [0.2, 0.25) is 0 Å². The molecule has 0 radical (unpaired) electrons. The van der Waals surface area contributed by atoms with Crippen molar-refractivity contribution in [2.24, 2.45) is 0 Å². The first-order valence-electron chi connectivity index (χ1n) is 8.82. The largest absolute Gasteiger partial charge is 0.375 e. The molecule has 1 saturated heterocycles. The van der Waals surface area contributed by atoms with E-state index >= 15 is 0 Å². The van der Waals surface area contributed by atoms with Gasteiger partial charge in [-0.3, -0.25) is 9.69 Å². The molecule has 1 fully saturated rings. The average Bonchev–Trinajstić information content (AvgIpc) is 2.97. The number of amides is 1. The number of hydrogen-bond donors (Lipinski definition) is 1. The Labute approximate surface area is 143 Å². The minimum Gasteiger partial charge on any atom is -0.375 e. The van der Waals surface area contributed by atoms with Gasteiger partial charge in [-0.25, -0.2) is 0 Å². The Hall–Kier alpha value is -1.85. The molecule has 1 atom stereocenters. The smallest absolute Gasteiger partial charge is 0.216 e. The molecular formula is C19H27N3O2. The second-order valence-corrected chi connectivity index (χ2v) is 6.49. The van der Waals surface area contributed by atoms with Crippen LogP contribution in [-0.2, 0) is 22.6 Å². The molecule has 0 spiro atoms. The van der Waals surface area contributed by atoms with Crippen molar-refractivity contribution in [3.05, 3.63) is 36.0 Å². The summed E-state index contributed by atoms with van der Waals surface area (Å²) in [5.74, 6) is 0.0231. The summed E-state index contributed by atoms with van der Waals surface area (Å²) < 4.78 is 8.09. The van der Waals surface area contributed by atoms with E-state index in [1.54, 1.807) is 6.92 Å². The Kier molecular flexibility index (Phi) is 5.53. The molecule has 3 rings (SSSR count). The van der Waals surface area contributed by atoms with Crippen molar-refractivity contribution in [1.82, 2.24) is 14.8 Å². The van der Waals surface area contributed by atoms with Gasteiger partial charge in [0, 0.05) is 51.4 Å². The average molecular weight is 329 g/mol. The second-order valence-electron chi connectivity index (χ2n) is 6.49. The van der Waals surface area contributed by atoms with E-state index < -0.39 is 0 Å². The van der Waals surface area contributed by atoms with Gasteiger partial charge in [-0.05, 0) is 42.5 Å². The number of nitrogens with zero attached hydrogens (tertiary/aromatic N) is 2. The predicted molar refractivity (Wildman–Crippen MR) is 95.9 cm³/mol. The van der Waals surface area contributed by atoms with Gasteiger partial charge in [0.25, 0.3) is 0 Å². The van der Waals surface area contributed by atoms with Gasteiger partial charge < -0.3 is 14.6 Å². The maximum Gasteiger partial charge on any atom is 0.216 e. The molecular weight excluding hydrogens is 302 g/mol. The number of carbonyl (C=O) groups excluding carboxylic acids is 1. The highest BCUT2D eigenvalue weighted by Crippen LogP contribution is 2.20. The van der Waals surface area contributed by atoms with Crippen LogP contribution in [0.1, 0.15) is 25.8 Å². The Morgan fingerprint density at radius 3 is 3.04 bits per heavy atom. The monoisotopic (exact) mass is 329 g/mol. The first kappa shape index (κ1) is 17.0. The van der Waals surface area contributed by atoms with Crippen LogP contribution in [0.25, 0.3) is 10.9 Å². The van der Waals surface area contributed by atoms with E-state index in [0.29, 0.717) is 6.54 Å². The van der Waals surface area contributed by atoms with E-state index in [9.17, 15) is 4.79 Å². The first-order valence-corrected chi connectivity index (χ1v) is 8.82. The third-order valence-corrected chi connectivity index (χ3v) is 4.65. The summed E-state index contributed by atoms with van der Waals surface area (Å²) >= 11 is 0. The normalized spacial score (nSPS) is 18.8. The fourth-order valence-electron chi connectivity index (χ4n) is 3.39. The number of aryl methyl sites for hydroxylation is 1. The van der Waals surface area contributed by atoms with Crippen LogP contribution in [0.3, 0.4) is 0 Å². The van der Waals surface area contributed by atoms with Crippen molar-refractivity contribution in [2.75, 3.05) is 26.2 Å². The lowest BCUT2D eigenvalue weighted by Crippen LogP contribution is -2.43. The van der Waals surface area contributed by atoms with Gasteiger partial charge in [0.1, 0.15) is 0 Å². The van der Waals surface area contributed by atoms with E-state index in [1.165, 1.54) is 16.5 Å². The number of benzene rings is 1. The minimum absolute atomic E-state index is 0.0231. The third kappa shape index (κ3) is 4.16. The highest BCUT2D eigenvalue weighted by Gasteiger charge is 2.20. The summed E-state index contributed by atoms with van der Waals surface area (Å²) in [6, 6.07) is 8.94. The van der Waals surface area contributed by atoms with Crippen molar-refractivity contribution in [2.45, 2.75) is 39.5 Å². The summed E-state index contributed by atoms with van der Waals surface area (Å²) in [5.41, 5.74) is 2.65. The van der Waals surface area contributed by atoms with Crippen molar-refractivity contribution < 1.29 is 9.53 Å². The minimum atomic E-state index is 0.0231. The highest BCUT2D eigenvalue weighted by molar-refractivity contribution is 5.80. The lowest BCUT2D eigenvalue weighted by Gasteiger charge is -2.33. The molecule has 0 aliphatic carbocycles. The molecule has 5 heteroatoms. The summed E-state index contributed by atoms with van der Waals surface area (Å²) in [6.45, 7) is 9.01. The van der Waals surface area contributed by atoms with Crippen LogP contribution >= 0.6 is 0 Å². The number of rotatable bonds is 6. The molecule has 1 aliphatic heterocycles. The van der Waals surface area contributed by atoms with Crippen molar-refractivity contribution in [1.29, 1.82) is 0 Å². The zero-order chi connectivity index (χ0) is 16.9. The van der Waals surface area contributed by atoms with Crippen LogP contribution in [0.4, 0.5) is 0 Å².